The SMILES string of the molecule is CCC(C)C1CN(Cc2ccccc2Br)C(C)CCN1. The highest BCUT2D eigenvalue weighted by Crippen LogP contribution is 2.22. The second-order valence-electron chi connectivity index (χ2n) is 6.10. The molecule has 1 heterocycles. The average molecular weight is 339 g/mol. The third-order valence-electron chi connectivity index (χ3n) is 4.69. The number of nitrogens with one attached hydrogen (secondary N) is 1. The Bertz CT molecular complexity index is 421. The van der Waals surface area contributed by atoms with Gasteiger partial charge in [0, 0.05) is 29.6 Å². The fraction of sp³-hybridized carbons (Fsp3) is 0.647. The molecular formula is C17H27BrN2. The van der Waals surface area contributed by atoms with E-state index in [2.05, 4.69) is 71.2 Å². The van der Waals surface area contributed by atoms with Gasteiger partial charge in [0.2, 0.25) is 0 Å². The summed E-state index contributed by atoms with van der Waals surface area (Å²) in [6.45, 7) is 10.3. The molecule has 0 aliphatic carbocycles. The normalized spacial score (nSPS) is 26.2. The topological polar surface area (TPSA) is 15.3 Å². The van der Waals surface area contributed by atoms with Crippen molar-refractivity contribution in [2.24, 2.45) is 5.92 Å². The van der Waals surface area contributed by atoms with Gasteiger partial charge in [-0.3, -0.25) is 4.90 Å². The van der Waals surface area contributed by atoms with Crippen molar-refractivity contribution in [1.82, 2.24) is 10.2 Å². The zero-order valence-electron chi connectivity index (χ0n) is 12.9. The van der Waals surface area contributed by atoms with Crippen molar-refractivity contribution in [3.63, 3.8) is 0 Å². The summed E-state index contributed by atoms with van der Waals surface area (Å²) >= 11 is 3.68. The van der Waals surface area contributed by atoms with E-state index in [1.165, 1.54) is 22.9 Å². The molecule has 2 nitrogen and oxygen atoms in total. The van der Waals surface area contributed by atoms with Crippen molar-refractivity contribution >= 4 is 15.9 Å². The van der Waals surface area contributed by atoms with E-state index in [4.69, 9.17) is 0 Å². The summed E-state index contributed by atoms with van der Waals surface area (Å²) < 4.78 is 1.23. The minimum atomic E-state index is 0.618. The van der Waals surface area contributed by atoms with Crippen LogP contribution < -0.4 is 5.32 Å². The van der Waals surface area contributed by atoms with Crippen molar-refractivity contribution < 1.29 is 0 Å². The van der Waals surface area contributed by atoms with E-state index in [-0.39, 0.29) is 0 Å². The molecule has 0 radical (unpaired) electrons. The molecule has 3 heteroatoms. The smallest absolute Gasteiger partial charge is 0.0248 e. The summed E-state index contributed by atoms with van der Waals surface area (Å²) in [5, 5.41) is 3.74. The largest absolute Gasteiger partial charge is 0.312 e. The Morgan fingerprint density at radius 3 is 2.85 bits per heavy atom. The van der Waals surface area contributed by atoms with Crippen molar-refractivity contribution in [1.29, 1.82) is 0 Å². The number of rotatable bonds is 4. The van der Waals surface area contributed by atoms with Gasteiger partial charge in [-0.25, -0.2) is 0 Å². The molecule has 0 saturated carbocycles. The molecule has 3 atom stereocenters. The summed E-state index contributed by atoms with van der Waals surface area (Å²) in [5.41, 5.74) is 1.39. The number of benzene rings is 1. The molecule has 0 bridgehead atoms. The van der Waals surface area contributed by atoms with E-state index in [1.807, 2.05) is 0 Å². The quantitative estimate of drug-likeness (QED) is 0.890. The average Bonchev–Trinajstić information content (AvgIpc) is 2.63. The fourth-order valence-electron chi connectivity index (χ4n) is 2.89. The summed E-state index contributed by atoms with van der Waals surface area (Å²) in [4.78, 5) is 2.64. The minimum absolute atomic E-state index is 0.618. The van der Waals surface area contributed by atoms with E-state index < -0.39 is 0 Å². The predicted molar refractivity (Wildman–Crippen MR) is 89.9 cm³/mol. The van der Waals surface area contributed by atoms with Gasteiger partial charge in [0.15, 0.2) is 0 Å². The van der Waals surface area contributed by atoms with Gasteiger partial charge in [0.05, 0.1) is 0 Å². The van der Waals surface area contributed by atoms with E-state index >= 15 is 0 Å². The highest BCUT2D eigenvalue weighted by molar-refractivity contribution is 9.10. The number of hydrogen-bond donors (Lipinski definition) is 1. The lowest BCUT2D eigenvalue weighted by Crippen LogP contribution is -2.43. The van der Waals surface area contributed by atoms with Crippen LogP contribution in [0.25, 0.3) is 0 Å². The maximum atomic E-state index is 3.74. The Morgan fingerprint density at radius 1 is 1.40 bits per heavy atom. The van der Waals surface area contributed by atoms with Gasteiger partial charge in [-0.1, -0.05) is 54.4 Å². The van der Waals surface area contributed by atoms with Crippen LogP contribution in [0.3, 0.4) is 0 Å². The van der Waals surface area contributed by atoms with Crippen LogP contribution in [0.4, 0.5) is 0 Å². The van der Waals surface area contributed by atoms with Crippen LogP contribution in [0.5, 0.6) is 0 Å². The van der Waals surface area contributed by atoms with Crippen LogP contribution in [0.2, 0.25) is 0 Å². The molecule has 1 aromatic rings. The summed E-state index contributed by atoms with van der Waals surface area (Å²) in [6.07, 6.45) is 2.48. The molecular weight excluding hydrogens is 312 g/mol. The molecule has 0 aromatic heterocycles. The molecule has 20 heavy (non-hydrogen) atoms. The van der Waals surface area contributed by atoms with Crippen molar-refractivity contribution in [2.75, 3.05) is 13.1 Å². The second-order valence-corrected chi connectivity index (χ2v) is 6.96. The molecule has 1 N–H and O–H groups in total. The lowest BCUT2D eigenvalue weighted by atomic mass is 9.98. The molecule has 112 valence electrons. The van der Waals surface area contributed by atoms with E-state index in [0.717, 1.165) is 25.6 Å². The van der Waals surface area contributed by atoms with Crippen molar-refractivity contribution in [3.8, 4) is 0 Å². The zero-order chi connectivity index (χ0) is 14.5. The molecule has 1 aromatic carbocycles. The highest BCUT2D eigenvalue weighted by atomic mass is 79.9. The van der Waals surface area contributed by atoms with Crippen LogP contribution in [0.1, 0.15) is 39.2 Å². The van der Waals surface area contributed by atoms with Crippen LogP contribution >= 0.6 is 15.9 Å². The molecule has 0 amide bonds. The summed E-state index contributed by atoms with van der Waals surface area (Å²) in [7, 11) is 0. The van der Waals surface area contributed by atoms with Gasteiger partial charge in [0.25, 0.3) is 0 Å². The first kappa shape index (κ1) is 16.0. The minimum Gasteiger partial charge on any atom is -0.312 e. The molecule has 2 rings (SSSR count). The first-order valence-corrected chi connectivity index (χ1v) is 8.62. The third kappa shape index (κ3) is 4.06. The monoisotopic (exact) mass is 338 g/mol. The maximum Gasteiger partial charge on any atom is 0.0248 e. The molecule has 1 saturated heterocycles. The standard InChI is InChI=1S/C17H27BrN2/c1-4-13(2)17-12-20(14(3)9-10-19-17)11-15-7-5-6-8-16(15)18/h5-8,13-14,17,19H,4,9-12H2,1-3H3. The molecule has 1 fully saturated rings. The molecule has 3 unspecified atom stereocenters. The number of halogens is 1. The summed E-state index contributed by atoms with van der Waals surface area (Å²) in [5.74, 6) is 0.738. The van der Waals surface area contributed by atoms with Gasteiger partial charge in [-0.2, -0.15) is 0 Å². The van der Waals surface area contributed by atoms with E-state index in [1.54, 1.807) is 0 Å². The Labute approximate surface area is 132 Å². The van der Waals surface area contributed by atoms with Crippen molar-refractivity contribution in [2.45, 2.75) is 52.2 Å². The maximum absolute atomic E-state index is 3.74. The Hall–Kier alpha value is -0.380. The second kappa shape index (κ2) is 7.58. The van der Waals surface area contributed by atoms with Gasteiger partial charge >= 0.3 is 0 Å². The van der Waals surface area contributed by atoms with Gasteiger partial charge in [-0.15, -0.1) is 0 Å². The van der Waals surface area contributed by atoms with Gasteiger partial charge in [0.1, 0.15) is 0 Å². The Balaban J connectivity index is 2.09. The van der Waals surface area contributed by atoms with E-state index in [0.29, 0.717) is 12.1 Å². The van der Waals surface area contributed by atoms with Crippen LogP contribution in [0, 0.1) is 5.92 Å². The van der Waals surface area contributed by atoms with Crippen molar-refractivity contribution in [3.05, 3.63) is 34.3 Å². The van der Waals surface area contributed by atoms with E-state index in [9.17, 15) is 0 Å². The highest BCUT2D eigenvalue weighted by Gasteiger charge is 2.25. The van der Waals surface area contributed by atoms with Crippen LogP contribution in [0.15, 0.2) is 28.7 Å². The number of nitrogens with zero attached hydrogens (tertiary/aromatic N) is 1. The number of hydrogen-bond acceptors (Lipinski definition) is 2. The Kier molecular flexibility index (Phi) is 6.06. The first-order valence-electron chi connectivity index (χ1n) is 7.82. The first-order chi connectivity index (χ1) is 9.61. The van der Waals surface area contributed by atoms with Crippen LogP contribution in [-0.4, -0.2) is 30.1 Å². The predicted octanol–water partition coefficient (Wildman–Crippen LogP) is 4.05. The van der Waals surface area contributed by atoms with Crippen LogP contribution in [-0.2, 0) is 6.54 Å². The summed E-state index contributed by atoms with van der Waals surface area (Å²) in [6, 6.07) is 9.85. The third-order valence-corrected chi connectivity index (χ3v) is 5.46. The lowest BCUT2D eigenvalue weighted by Gasteiger charge is -2.31. The Morgan fingerprint density at radius 2 is 2.15 bits per heavy atom. The zero-order valence-corrected chi connectivity index (χ0v) is 14.5. The molecule has 0 spiro atoms. The van der Waals surface area contributed by atoms with Gasteiger partial charge < -0.3 is 5.32 Å². The lowest BCUT2D eigenvalue weighted by molar-refractivity contribution is 0.180. The van der Waals surface area contributed by atoms with Gasteiger partial charge in [-0.05, 0) is 37.4 Å². The fourth-order valence-corrected chi connectivity index (χ4v) is 3.30. The molecule has 1 aliphatic rings. The molecule has 1 aliphatic heterocycles.